The number of carbonyl (C=O) groups excluding carboxylic acids is 1. The lowest BCUT2D eigenvalue weighted by Crippen LogP contribution is -2.34. The van der Waals surface area contributed by atoms with E-state index in [2.05, 4.69) is 5.32 Å². The van der Waals surface area contributed by atoms with Gasteiger partial charge in [0, 0.05) is 12.5 Å². The Hall–Kier alpha value is -1.56. The molecule has 0 aromatic heterocycles. The molecule has 2 rings (SSSR count). The highest BCUT2D eigenvalue weighted by molar-refractivity contribution is 5.79. The van der Waals surface area contributed by atoms with Gasteiger partial charge in [-0.2, -0.15) is 13.2 Å². The molecule has 0 aliphatic heterocycles. The Morgan fingerprint density at radius 3 is 2.76 bits per heavy atom. The van der Waals surface area contributed by atoms with E-state index in [0.29, 0.717) is 12.1 Å². The van der Waals surface area contributed by atoms with Crippen LogP contribution in [0.15, 0.2) is 24.3 Å². The Bertz CT molecular complexity index is 502. The summed E-state index contributed by atoms with van der Waals surface area (Å²) in [6.45, 7) is 0.582. The van der Waals surface area contributed by atoms with Crippen molar-refractivity contribution in [2.24, 2.45) is 17.6 Å². The quantitative estimate of drug-likeness (QED) is 0.898. The van der Waals surface area contributed by atoms with Crippen LogP contribution in [-0.2, 0) is 17.5 Å². The molecule has 6 heteroatoms. The molecular weight excluding hydrogens is 281 g/mol. The van der Waals surface area contributed by atoms with E-state index in [1.807, 2.05) is 0 Å². The molecule has 3 N–H and O–H groups in total. The van der Waals surface area contributed by atoms with E-state index in [-0.39, 0.29) is 24.3 Å². The molecule has 0 heterocycles. The zero-order chi connectivity index (χ0) is 15.5. The second-order valence-corrected chi connectivity index (χ2v) is 5.45. The Labute approximate surface area is 121 Å². The van der Waals surface area contributed by atoms with Crippen molar-refractivity contribution >= 4 is 5.91 Å². The van der Waals surface area contributed by atoms with E-state index < -0.39 is 11.7 Å². The van der Waals surface area contributed by atoms with Crippen molar-refractivity contribution in [3.8, 4) is 0 Å². The highest BCUT2D eigenvalue weighted by atomic mass is 19.4. The number of benzene rings is 1. The number of hydrogen-bond donors (Lipinski definition) is 2. The van der Waals surface area contributed by atoms with Crippen LogP contribution >= 0.6 is 0 Å². The van der Waals surface area contributed by atoms with E-state index >= 15 is 0 Å². The standard InChI is InChI=1S/C15H19F3N2O/c16-15(17,18)12-5-1-3-10(7-12)9-20-14(21)13-6-2-4-11(13)8-19/h1,3,5,7,11,13H,2,4,6,8-9,19H2,(H,20,21). The summed E-state index contributed by atoms with van der Waals surface area (Å²) in [4.78, 5) is 12.1. The van der Waals surface area contributed by atoms with Gasteiger partial charge in [-0.15, -0.1) is 0 Å². The molecule has 1 saturated carbocycles. The molecular formula is C15H19F3N2O. The lowest BCUT2D eigenvalue weighted by atomic mass is 9.95. The second kappa shape index (κ2) is 6.47. The summed E-state index contributed by atoms with van der Waals surface area (Å²) < 4.78 is 37.8. The van der Waals surface area contributed by atoms with Crippen molar-refractivity contribution in [1.82, 2.24) is 5.32 Å². The van der Waals surface area contributed by atoms with Crippen LogP contribution in [0.4, 0.5) is 13.2 Å². The summed E-state index contributed by atoms with van der Waals surface area (Å²) in [7, 11) is 0. The van der Waals surface area contributed by atoms with Crippen LogP contribution in [0.3, 0.4) is 0 Å². The van der Waals surface area contributed by atoms with Gasteiger partial charge in [-0.3, -0.25) is 4.79 Å². The lowest BCUT2D eigenvalue weighted by Gasteiger charge is -2.17. The Kier molecular flexibility index (Phi) is 4.88. The van der Waals surface area contributed by atoms with Gasteiger partial charge < -0.3 is 11.1 Å². The molecule has 2 unspecified atom stereocenters. The number of nitrogens with two attached hydrogens (primary N) is 1. The molecule has 1 aliphatic rings. The average molecular weight is 300 g/mol. The fourth-order valence-electron chi connectivity index (χ4n) is 2.84. The number of rotatable bonds is 4. The number of carbonyl (C=O) groups is 1. The first-order valence-corrected chi connectivity index (χ1v) is 7.05. The van der Waals surface area contributed by atoms with Crippen molar-refractivity contribution in [3.05, 3.63) is 35.4 Å². The van der Waals surface area contributed by atoms with Gasteiger partial charge in [0.1, 0.15) is 0 Å². The summed E-state index contributed by atoms with van der Waals surface area (Å²) in [5.41, 5.74) is 5.38. The molecule has 1 aliphatic carbocycles. The van der Waals surface area contributed by atoms with Gasteiger partial charge >= 0.3 is 6.18 Å². The molecule has 2 atom stereocenters. The highest BCUT2D eigenvalue weighted by Crippen LogP contribution is 2.31. The SMILES string of the molecule is NCC1CCCC1C(=O)NCc1cccc(C(F)(F)F)c1. The molecule has 1 aromatic rings. The summed E-state index contributed by atoms with van der Waals surface area (Å²) in [6.07, 6.45) is -1.64. The normalized spacial score (nSPS) is 22.3. The van der Waals surface area contributed by atoms with Gasteiger partial charge in [0.15, 0.2) is 0 Å². The largest absolute Gasteiger partial charge is 0.416 e. The number of halogens is 3. The first-order valence-electron chi connectivity index (χ1n) is 7.05. The number of alkyl halides is 3. The van der Waals surface area contributed by atoms with E-state index in [1.165, 1.54) is 6.07 Å². The molecule has 0 bridgehead atoms. The zero-order valence-corrected chi connectivity index (χ0v) is 11.6. The van der Waals surface area contributed by atoms with Crippen LogP contribution in [0, 0.1) is 11.8 Å². The van der Waals surface area contributed by atoms with Crippen LogP contribution < -0.4 is 11.1 Å². The van der Waals surface area contributed by atoms with E-state index in [4.69, 9.17) is 5.73 Å². The summed E-state index contributed by atoms with van der Waals surface area (Å²) in [6, 6.07) is 5.01. The molecule has 0 saturated heterocycles. The minimum absolute atomic E-state index is 0.108. The lowest BCUT2D eigenvalue weighted by molar-refractivity contribution is -0.137. The molecule has 21 heavy (non-hydrogen) atoms. The number of hydrogen-bond acceptors (Lipinski definition) is 2. The molecule has 0 spiro atoms. The molecule has 1 fully saturated rings. The molecule has 1 aromatic carbocycles. The zero-order valence-electron chi connectivity index (χ0n) is 11.6. The van der Waals surface area contributed by atoms with Crippen LogP contribution in [0.5, 0.6) is 0 Å². The summed E-state index contributed by atoms with van der Waals surface area (Å²) in [5.74, 6) is -0.0346. The van der Waals surface area contributed by atoms with E-state index in [9.17, 15) is 18.0 Å². The first-order chi connectivity index (χ1) is 9.91. The van der Waals surface area contributed by atoms with Crippen molar-refractivity contribution in [2.75, 3.05) is 6.54 Å². The second-order valence-electron chi connectivity index (χ2n) is 5.45. The van der Waals surface area contributed by atoms with E-state index in [0.717, 1.165) is 31.4 Å². The predicted octanol–water partition coefficient (Wildman–Crippen LogP) is 2.70. The topological polar surface area (TPSA) is 55.1 Å². The fourth-order valence-corrected chi connectivity index (χ4v) is 2.84. The Morgan fingerprint density at radius 1 is 1.33 bits per heavy atom. The van der Waals surface area contributed by atoms with Gasteiger partial charge in [-0.1, -0.05) is 18.6 Å². The molecule has 0 radical (unpaired) electrons. The smallest absolute Gasteiger partial charge is 0.352 e. The monoisotopic (exact) mass is 300 g/mol. The highest BCUT2D eigenvalue weighted by Gasteiger charge is 2.32. The van der Waals surface area contributed by atoms with Crippen LogP contribution in [-0.4, -0.2) is 12.5 Å². The number of nitrogens with one attached hydrogen (secondary N) is 1. The van der Waals surface area contributed by atoms with Crippen LogP contribution in [0.25, 0.3) is 0 Å². The maximum absolute atomic E-state index is 12.6. The molecule has 1 amide bonds. The van der Waals surface area contributed by atoms with Gasteiger partial charge in [0.05, 0.1) is 5.56 Å². The van der Waals surface area contributed by atoms with Crippen molar-refractivity contribution < 1.29 is 18.0 Å². The summed E-state index contributed by atoms with van der Waals surface area (Å²) in [5, 5.41) is 2.72. The minimum atomic E-state index is -4.36. The van der Waals surface area contributed by atoms with Gasteiger partial charge in [0.2, 0.25) is 5.91 Å². The number of amides is 1. The summed E-state index contributed by atoms with van der Waals surface area (Å²) >= 11 is 0. The average Bonchev–Trinajstić information content (AvgIpc) is 2.92. The van der Waals surface area contributed by atoms with E-state index in [1.54, 1.807) is 6.07 Å². The third-order valence-electron chi connectivity index (χ3n) is 4.02. The van der Waals surface area contributed by atoms with Crippen molar-refractivity contribution in [2.45, 2.75) is 32.0 Å². The molecule has 3 nitrogen and oxygen atoms in total. The Balaban J connectivity index is 1.95. The maximum Gasteiger partial charge on any atom is 0.416 e. The Morgan fingerprint density at radius 2 is 2.10 bits per heavy atom. The maximum atomic E-state index is 12.6. The van der Waals surface area contributed by atoms with Crippen molar-refractivity contribution in [3.63, 3.8) is 0 Å². The van der Waals surface area contributed by atoms with Crippen LogP contribution in [0.2, 0.25) is 0 Å². The van der Waals surface area contributed by atoms with Gasteiger partial charge in [-0.05, 0) is 43.0 Å². The van der Waals surface area contributed by atoms with Gasteiger partial charge in [0.25, 0.3) is 0 Å². The van der Waals surface area contributed by atoms with Gasteiger partial charge in [-0.25, -0.2) is 0 Å². The van der Waals surface area contributed by atoms with Crippen LogP contribution in [0.1, 0.15) is 30.4 Å². The first kappa shape index (κ1) is 15.8. The third kappa shape index (κ3) is 3.97. The predicted molar refractivity (Wildman–Crippen MR) is 73.2 cm³/mol. The minimum Gasteiger partial charge on any atom is -0.352 e. The van der Waals surface area contributed by atoms with Crippen molar-refractivity contribution in [1.29, 1.82) is 0 Å². The molecule has 116 valence electrons. The third-order valence-corrected chi connectivity index (χ3v) is 4.02. The fraction of sp³-hybridized carbons (Fsp3) is 0.533.